The maximum absolute atomic E-state index is 5.75. The number of nitrogens with zero attached hydrogens (tertiary/aromatic N) is 3. The van der Waals surface area contributed by atoms with E-state index in [1.54, 1.807) is 0 Å². The number of aryl methyl sites for hydroxylation is 1. The van der Waals surface area contributed by atoms with Gasteiger partial charge in [-0.15, -0.1) is 0 Å². The summed E-state index contributed by atoms with van der Waals surface area (Å²) < 4.78 is 1.95. The molecule has 0 saturated heterocycles. The second-order valence-electron chi connectivity index (χ2n) is 5.21. The van der Waals surface area contributed by atoms with Crippen LogP contribution in [0.3, 0.4) is 0 Å². The number of hydrogen-bond acceptors (Lipinski definition) is 3. The molecule has 4 heteroatoms. The van der Waals surface area contributed by atoms with E-state index in [0.29, 0.717) is 11.8 Å². The number of hydrogen-bond donors (Lipinski definition) is 1. The van der Waals surface area contributed by atoms with Gasteiger partial charge < -0.3 is 5.73 Å². The van der Waals surface area contributed by atoms with Crippen molar-refractivity contribution in [2.75, 3.05) is 6.54 Å². The zero-order valence-corrected chi connectivity index (χ0v) is 11.0. The minimum absolute atomic E-state index is 0.536. The molecule has 0 amide bonds. The zero-order valence-electron chi connectivity index (χ0n) is 11.0. The summed E-state index contributed by atoms with van der Waals surface area (Å²) in [6.07, 6.45) is 7.26. The molecule has 1 aromatic heterocycles. The first-order chi connectivity index (χ1) is 8.24. The standard InChI is InChI=1S/C13H24N4/c1-3-10(9-14)8-12-15-13(16-17(12)2)11-6-4-5-7-11/h10-11H,3-9,14H2,1-2H3. The Morgan fingerprint density at radius 1 is 1.41 bits per heavy atom. The van der Waals surface area contributed by atoms with Crippen LogP contribution in [0.5, 0.6) is 0 Å². The van der Waals surface area contributed by atoms with Crippen LogP contribution in [-0.2, 0) is 13.5 Å². The molecule has 1 aromatic rings. The van der Waals surface area contributed by atoms with Crippen LogP contribution in [0.15, 0.2) is 0 Å². The predicted molar refractivity (Wildman–Crippen MR) is 68.8 cm³/mol. The summed E-state index contributed by atoms with van der Waals surface area (Å²) in [7, 11) is 2.00. The van der Waals surface area contributed by atoms with Crippen LogP contribution in [-0.4, -0.2) is 21.3 Å². The van der Waals surface area contributed by atoms with Gasteiger partial charge in [0.25, 0.3) is 0 Å². The summed E-state index contributed by atoms with van der Waals surface area (Å²) in [4.78, 5) is 4.72. The molecule has 1 unspecified atom stereocenters. The first-order valence-corrected chi connectivity index (χ1v) is 6.84. The molecule has 1 aliphatic rings. The van der Waals surface area contributed by atoms with Crippen molar-refractivity contribution < 1.29 is 0 Å². The number of nitrogens with two attached hydrogens (primary N) is 1. The van der Waals surface area contributed by atoms with E-state index in [2.05, 4.69) is 12.0 Å². The van der Waals surface area contributed by atoms with Crippen molar-refractivity contribution in [2.24, 2.45) is 18.7 Å². The molecule has 1 atom stereocenters. The lowest BCUT2D eigenvalue weighted by molar-refractivity contribution is 0.492. The molecule has 0 aliphatic heterocycles. The monoisotopic (exact) mass is 236 g/mol. The number of aromatic nitrogens is 3. The first-order valence-electron chi connectivity index (χ1n) is 6.84. The van der Waals surface area contributed by atoms with Crippen molar-refractivity contribution in [3.63, 3.8) is 0 Å². The lowest BCUT2D eigenvalue weighted by atomic mass is 10.0. The van der Waals surface area contributed by atoms with Crippen molar-refractivity contribution in [1.29, 1.82) is 0 Å². The third-order valence-electron chi connectivity index (χ3n) is 3.97. The Labute approximate surface area is 104 Å². The van der Waals surface area contributed by atoms with Gasteiger partial charge in [0.15, 0.2) is 5.82 Å². The Morgan fingerprint density at radius 3 is 2.71 bits per heavy atom. The highest BCUT2D eigenvalue weighted by atomic mass is 15.3. The van der Waals surface area contributed by atoms with Gasteiger partial charge in [0, 0.05) is 19.4 Å². The minimum Gasteiger partial charge on any atom is -0.330 e. The molecule has 4 nitrogen and oxygen atoms in total. The Bertz CT molecular complexity index is 348. The molecule has 0 aromatic carbocycles. The normalized spacial score (nSPS) is 18.8. The second kappa shape index (κ2) is 5.63. The van der Waals surface area contributed by atoms with E-state index in [4.69, 9.17) is 10.7 Å². The van der Waals surface area contributed by atoms with Gasteiger partial charge in [-0.25, -0.2) is 4.98 Å². The second-order valence-corrected chi connectivity index (χ2v) is 5.21. The van der Waals surface area contributed by atoms with Crippen molar-refractivity contribution >= 4 is 0 Å². The Hall–Kier alpha value is -0.900. The van der Waals surface area contributed by atoms with Gasteiger partial charge in [-0.1, -0.05) is 26.2 Å². The highest BCUT2D eigenvalue weighted by molar-refractivity contribution is 5.02. The summed E-state index contributed by atoms with van der Waals surface area (Å²) in [5.74, 6) is 3.30. The van der Waals surface area contributed by atoms with Crippen molar-refractivity contribution in [3.8, 4) is 0 Å². The lowest BCUT2D eigenvalue weighted by Gasteiger charge is -2.10. The maximum Gasteiger partial charge on any atom is 0.154 e. The molecule has 0 spiro atoms. The van der Waals surface area contributed by atoms with Crippen LogP contribution in [0.25, 0.3) is 0 Å². The van der Waals surface area contributed by atoms with Crippen LogP contribution >= 0.6 is 0 Å². The van der Waals surface area contributed by atoms with Crippen LogP contribution < -0.4 is 5.73 Å². The van der Waals surface area contributed by atoms with Crippen molar-refractivity contribution in [3.05, 3.63) is 11.6 Å². The van der Waals surface area contributed by atoms with E-state index in [-0.39, 0.29) is 0 Å². The Kier molecular flexibility index (Phi) is 4.15. The van der Waals surface area contributed by atoms with E-state index in [0.717, 1.165) is 31.0 Å². The summed E-state index contributed by atoms with van der Waals surface area (Å²) in [5, 5.41) is 4.58. The van der Waals surface area contributed by atoms with Crippen molar-refractivity contribution in [2.45, 2.75) is 51.4 Å². The summed E-state index contributed by atoms with van der Waals surface area (Å²) in [6, 6.07) is 0. The largest absolute Gasteiger partial charge is 0.330 e. The van der Waals surface area contributed by atoms with Gasteiger partial charge in [-0.05, 0) is 25.3 Å². The zero-order chi connectivity index (χ0) is 12.3. The molecule has 96 valence electrons. The average Bonchev–Trinajstić information content (AvgIpc) is 2.95. The molecule has 2 rings (SSSR count). The Balaban J connectivity index is 2.07. The van der Waals surface area contributed by atoms with Gasteiger partial charge in [-0.3, -0.25) is 4.68 Å². The highest BCUT2D eigenvalue weighted by Crippen LogP contribution is 2.32. The van der Waals surface area contributed by atoms with Crippen LogP contribution in [0, 0.1) is 5.92 Å². The summed E-state index contributed by atoms with van der Waals surface area (Å²) in [5.41, 5.74) is 5.75. The first kappa shape index (κ1) is 12.6. The quantitative estimate of drug-likeness (QED) is 0.850. The molecule has 1 fully saturated rings. The van der Waals surface area contributed by atoms with E-state index in [1.807, 2.05) is 11.7 Å². The molecule has 1 heterocycles. The molecule has 0 bridgehead atoms. The van der Waals surface area contributed by atoms with E-state index < -0.39 is 0 Å². The van der Waals surface area contributed by atoms with E-state index >= 15 is 0 Å². The predicted octanol–water partition coefficient (Wildman–Crippen LogP) is 2.00. The molecular weight excluding hydrogens is 212 g/mol. The molecular formula is C13H24N4. The van der Waals surface area contributed by atoms with Gasteiger partial charge in [-0.2, -0.15) is 5.10 Å². The van der Waals surface area contributed by atoms with Crippen LogP contribution in [0.1, 0.15) is 56.6 Å². The van der Waals surface area contributed by atoms with Crippen LogP contribution in [0.4, 0.5) is 0 Å². The summed E-state index contributed by atoms with van der Waals surface area (Å²) >= 11 is 0. The molecule has 1 aliphatic carbocycles. The smallest absolute Gasteiger partial charge is 0.154 e. The maximum atomic E-state index is 5.75. The third kappa shape index (κ3) is 2.86. The fourth-order valence-electron chi connectivity index (χ4n) is 2.63. The molecule has 2 N–H and O–H groups in total. The van der Waals surface area contributed by atoms with Crippen LogP contribution in [0.2, 0.25) is 0 Å². The molecule has 1 saturated carbocycles. The average molecular weight is 236 g/mol. The van der Waals surface area contributed by atoms with Gasteiger partial charge in [0.2, 0.25) is 0 Å². The van der Waals surface area contributed by atoms with E-state index in [1.165, 1.54) is 25.7 Å². The van der Waals surface area contributed by atoms with Gasteiger partial charge in [0.05, 0.1) is 0 Å². The van der Waals surface area contributed by atoms with E-state index in [9.17, 15) is 0 Å². The molecule has 17 heavy (non-hydrogen) atoms. The fourth-order valence-corrected chi connectivity index (χ4v) is 2.63. The Morgan fingerprint density at radius 2 is 2.12 bits per heavy atom. The minimum atomic E-state index is 0.536. The molecule has 0 radical (unpaired) electrons. The topological polar surface area (TPSA) is 56.7 Å². The number of rotatable bonds is 5. The van der Waals surface area contributed by atoms with Gasteiger partial charge in [0.1, 0.15) is 5.82 Å². The third-order valence-corrected chi connectivity index (χ3v) is 3.97. The van der Waals surface area contributed by atoms with Gasteiger partial charge >= 0.3 is 0 Å². The lowest BCUT2D eigenvalue weighted by Crippen LogP contribution is -2.18. The summed E-state index contributed by atoms with van der Waals surface area (Å²) in [6.45, 7) is 2.92. The fraction of sp³-hybridized carbons (Fsp3) is 0.846. The van der Waals surface area contributed by atoms with Crippen molar-refractivity contribution in [1.82, 2.24) is 14.8 Å². The SMILES string of the molecule is CCC(CN)Cc1nc(C2CCCC2)nn1C. The highest BCUT2D eigenvalue weighted by Gasteiger charge is 2.22.